The summed E-state index contributed by atoms with van der Waals surface area (Å²) in [5.41, 5.74) is -2.06. The van der Waals surface area contributed by atoms with Crippen LogP contribution in [0.4, 0.5) is 64.1 Å². The predicted molar refractivity (Wildman–Crippen MR) is 436 cm³/mol. The molecule has 0 aliphatic carbocycles. The smallest absolute Gasteiger partial charge is 0.359 e. The number of aryl methyl sites for hydroxylation is 2. The number of ether oxygens (including phenoxy) is 3. The number of hydrogen-bond donors (Lipinski definition) is 4. The van der Waals surface area contributed by atoms with E-state index in [1.165, 1.54) is 88.5 Å². The number of nitrogen functional groups attached to an aromatic ring is 1. The topological polar surface area (TPSA) is 655 Å². The van der Waals surface area contributed by atoms with Gasteiger partial charge >= 0.3 is 74.1 Å². The Hall–Kier alpha value is -16.0. The van der Waals surface area contributed by atoms with Crippen LogP contribution < -0.4 is 39.1 Å². The monoisotopic (exact) mass is 1670 g/mol. The minimum absolute atomic E-state index is 0.00714. The molecule has 54 nitrogen and oxygen atoms in total. The molecule has 0 atom stereocenters. The summed E-state index contributed by atoms with van der Waals surface area (Å²) in [5.74, 6) is -1.81. The van der Waals surface area contributed by atoms with Gasteiger partial charge in [0.1, 0.15) is 16.9 Å². The second-order valence-corrected chi connectivity index (χ2v) is 25.3. The van der Waals surface area contributed by atoms with E-state index in [1.54, 1.807) is 177 Å². The quantitative estimate of drug-likeness (QED) is 0.0142. The first kappa shape index (κ1) is 99.1. The molecule has 0 aliphatic rings. The van der Waals surface area contributed by atoms with Crippen LogP contribution in [0.5, 0.6) is 0 Å². The second-order valence-electron chi connectivity index (χ2n) is 25.3. The Morgan fingerprint density at radius 3 is 1.13 bits per heavy atom. The van der Waals surface area contributed by atoms with Crippen LogP contribution in [0.1, 0.15) is 49.2 Å². The highest BCUT2D eigenvalue weighted by Gasteiger charge is 2.28. The van der Waals surface area contributed by atoms with Crippen molar-refractivity contribution in [1.82, 2.24) is 102 Å². The molecule has 119 heavy (non-hydrogen) atoms. The Morgan fingerprint density at radius 1 is 0.429 bits per heavy atom. The van der Waals surface area contributed by atoms with E-state index in [2.05, 4.69) is 64.8 Å². The van der Waals surface area contributed by atoms with Gasteiger partial charge in [0.25, 0.3) is 5.56 Å². The maximum atomic E-state index is 12.5. The van der Waals surface area contributed by atoms with Crippen LogP contribution in [0.2, 0.25) is 0 Å². The maximum Gasteiger partial charge on any atom is 0.359 e. The zero-order chi connectivity index (χ0) is 90.7. The number of anilines is 1. The summed E-state index contributed by atoms with van der Waals surface area (Å²) < 4.78 is 18.2. The largest absolute Gasteiger partial charge is 0.444 e. The van der Waals surface area contributed by atoms with Crippen LogP contribution in [0.3, 0.4) is 0 Å². The van der Waals surface area contributed by atoms with Crippen molar-refractivity contribution < 1.29 is 53.2 Å². The molecule has 54 heteroatoms. The number of nitrogens with one attached hydrogen (secondary N) is 3. The lowest BCUT2D eigenvalue weighted by molar-refractivity contribution is -0.387. The number of fused-ring (bicyclic) bond motifs is 1. The van der Waals surface area contributed by atoms with E-state index in [0.29, 0.717) is 11.0 Å². The summed E-state index contributed by atoms with van der Waals surface area (Å²) in [6, 6.07) is 1.68. The molecule has 0 aliphatic heterocycles. The van der Waals surface area contributed by atoms with Crippen molar-refractivity contribution in [1.29, 1.82) is 0 Å². The van der Waals surface area contributed by atoms with Crippen molar-refractivity contribution >= 4 is 143 Å². The number of nitrogens with zero attached hydrogens (tertiary/aromatic N) is 28. The molecule has 0 fully saturated rings. The molecule has 0 aromatic carbocycles. The van der Waals surface area contributed by atoms with Gasteiger partial charge in [-0.3, -0.25) is 108 Å². The third-order valence-corrected chi connectivity index (χ3v) is 13.1. The van der Waals surface area contributed by atoms with Crippen molar-refractivity contribution in [3.8, 4) is 0 Å². The molecule has 642 valence electrons. The van der Waals surface area contributed by atoms with Crippen LogP contribution in [-0.4, -0.2) is 289 Å². The van der Waals surface area contributed by atoms with Gasteiger partial charge in [0, 0.05) is 165 Å². The summed E-state index contributed by atoms with van der Waals surface area (Å²) in [6.45, 7) is 5.02. The average molecular weight is 1670 g/mol. The van der Waals surface area contributed by atoms with E-state index in [9.17, 15) is 93.7 Å². The molecular weight excluding hydrogens is 1580 g/mol. The summed E-state index contributed by atoms with van der Waals surface area (Å²) in [7, 11) is 29.3. The molecule has 0 radical (unpaired) electrons. The van der Waals surface area contributed by atoms with Gasteiger partial charge in [-0.25, -0.2) is 68.6 Å². The number of nitrogens with two attached hydrogens (primary N) is 1. The van der Waals surface area contributed by atoms with Gasteiger partial charge in [-0.1, -0.05) is 0 Å². The minimum Gasteiger partial charge on any atom is -0.444 e. The van der Waals surface area contributed by atoms with E-state index in [4.69, 9.17) is 19.9 Å². The first-order valence-corrected chi connectivity index (χ1v) is 33.6. The number of H-pyrrole nitrogens is 3. The molecule has 0 saturated heterocycles. The Labute approximate surface area is 673 Å². The van der Waals surface area contributed by atoms with E-state index in [1.807, 2.05) is 4.98 Å². The number of carbonyl (C=O) groups excluding carboxylic acids is 3. The lowest BCUT2D eigenvalue weighted by Gasteiger charge is -2.11. The van der Waals surface area contributed by atoms with Gasteiger partial charge in [0.05, 0.1) is 61.8 Å². The number of aromatic amines is 3. The highest BCUT2D eigenvalue weighted by atomic mass is 16.6. The summed E-state index contributed by atoms with van der Waals surface area (Å²) in [5, 5.41) is 54.5. The summed E-state index contributed by atoms with van der Waals surface area (Å²) in [4.78, 5) is 219. The highest BCUT2D eigenvalue weighted by molar-refractivity contribution is 5.75. The van der Waals surface area contributed by atoms with Crippen molar-refractivity contribution in [2.24, 2.45) is 32.0 Å². The molecule has 7 rings (SSSR count). The number of hydrogen-bond acceptors (Lipinski definition) is 37. The number of rotatable bonds is 27. The first-order chi connectivity index (χ1) is 55.4. The van der Waals surface area contributed by atoms with Crippen LogP contribution in [-0.2, 0) is 55.8 Å². The van der Waals surface area contributed by atoms with Gasteiger partial charge < -0.3 is 64.1 Å². The fourth-order valence-corrected chi connectivity index (χ4v) is 7.95. The third kappa shape index (κ3) is 32.6. The normalized spacial score (nSPS) is 10.9. The van der Waals surface area contributed by atoms with E-state index < -0.39 is 112 Å². The van der Waals surface area contributed by atoms with Crippen molar-refractivity contribution in [3.63, 3.8) is 0 Å². The number of carbonyl (C=O) groups is 3. The molecule has 7 aromatic rings. The van der Waals surface area contributed by atoms with E-state index in [0.717, 1.165) is 27.5 Å². The molecule has 0 bridgehead atoms. The molecule has 0 unspecified atom stereocenters. The van der Waals surface area contributed by atoms with E-state index >= 15 is 0 Å². The summed E-state index contributed by atoms with van der Waals surface area (Å²) in [6.07, 6.45) is 17.6. The van der Waals surface area contributed by atoms with Gasteiger partial charge in [-0.2, -0.15) is 0 Å². The van der Waals surface area contributed by atoms with Gasteiger partial charge in [-0.15, -0.1) is 0 Å². The lowest BCUT2D eigenvalue weighted by atomic mass is 10.3. The third-order valence-electron chi connectivity index (χ3n) is 13.1. The highest BCUT2D eigenvalue weighted by Crippen LogP contribution is 2.22. The lowest BCUT2D eigenvalue weighted by Crippen LogP contribution is -2.27. The standard InChI is InChI=1S/C14H20N6O5.C12H18N6O3.C12H15N5O3.C11H16N6O3.C11H15N5O5.C5H6N4O3/c1-10(21)25-9-19-13(22)12(20(23)24)11(6-7-17(2)3)16-14(19)15-8-18(4)5;1-15(2)7-6-9-10(18(20)21)11(19)17(5)12(14-9)13-8-16(3)4;1-8(18)20-7-17-11(19)10-9(4-5-13-10)15-12(17)14-6-16(2)3;1-15(2)6-5-8-9(17(19)20)10(18)14-11(13-8)12-7-16(3)4;1-7-9(16(19)20)10(18)15(6-21-8(2)17)11(13-7)12-5-14(3)4;1-2-3(9(11)12)4(10)8-5(6)7-2/h6-8H,9H2,1-5H3;6-8H,1-5H3;4-6,13H,7H2,1-3H3;5-7H,1-4H3,(H,13,14,18);5H,6H2,1-4H3;1H3,(H3,6,7,8,10)/b7-6+,15-8?;7-6+,13-8?;;6-5+,12-7?;;. The first-order valence-electron chi connectivity index (χ1n) is 33.6. The number of nitro groups is 5. The van der Waals surface area contributed by atoms with Gasteiger partial charge in [0.15, 0.2) is 37.3 Å². The van der Waals surface area contributed by atoms with Gasteiger partial charge in [-0.05, 0) is 38.1 Å². The Bertz CT molecular complexity index is 5460. The SMILES string of the molecule is CC(=O)OCn1c(N=CN(C)C)nc(/C=C/N(C)C)c([N+](=O)[O-])c1=O.CC(=O)OCn1c(N=CN(C)C)nc(C)c([N+](=O)[O-])c1=O.CC(=O)OCn1c(N=CN(C)C)nc2cc[nH]c2c1=O.CN(C)C=Nc1nc(/C=C/N(C)C)c([N+](=O)[O-])c(=O)[nH]1.CN(C)C=Nc1nc(/C=C/N(C)C)c([N+](=O)[O-])c(=O)n1C.Cc1nc(N)[nH]c(=O)c1[N+](=O)[O-]. The second kappa shape index (κ2) is 46.9. The van der Waals surface area contributed by atoms with Crippen LogP contribution in [0, 0.1) is 64.4 Å². The van der Waals surface area contributed by atoms with Crippen LogP contribution in [0.25, 0.3) is 29.3 Å². The Morgan fingerprint density at radius 2 is 0.756 bits per heavy atom. The fraction of sp³-hybridized carbons (Fsp3) is 0.385. The average Bonchev–Trinajstić information content (AvgIpc) is 1.79. The minimum atomic E-state index is -0.967. The molecule has 7 aromatic heterocycles. The molecule has 5 N–H and O–H groups in total. The molecular formula is C65H90N32O22. The predicted octanol–water partition coefficient (Wildman–Crippen LogP) is 1.54. The van der Waals surface area contributed by atoms with Gasteiger partial charge in [0.2, 0.25) is 35.7 Å². The number of aromatic nitrogens is 13. The van der Waals surface area contributed by atoms with E-state index in [-0.39, 0.29) is 76.4 Å². The Kier molecular flexibility index (Phi) is 39.0. The zero-order valence-electron chi connectivity index (χ0n) is 68.7. The molecule has 0 spiro atoms. The van der Waals surface area contributed by atoms with Crippen molar-refractivity contribution in [2.75, 3.05) is 118 Å². The molecule has 0 amide bonds. The fourth-order valence-electron chi connectivity index (χ4n) is 7.95. The molecule has 0 saturated carbocycles. The summed E-state index contributed by atoms with van der Waals surface area (Å²) >= 11 is 0. The van der Waals surface area contributed by atoms with Crippen molar-refractivity contribution in [2.45, 2.75) is 54.8 Å². The van der Waals surface area contributed by atoms with Crippen molar-refractivity contribution in [3.05, 3.63) is 172 Å². The Balaban J connectivity index is 0.000000488. The zero-order valence-corrected chi connectivity index (χ0v) is 68.7. The molecule has 7 heterocycles. The number of aliphatic imine (C=N–C) groups is 5. The van der Waals surface area contributed by atoms with Crippen LogP contribution in [0.15, 0.2) is 84.6 Å². The number of esters is 3. The van der Waals surface area contributed by atoms with Crippen LogP contribution >= 0.6 is 0 Å². The maximum absolute atomic E-state index is 12.5.